The van der Waals surface area contributed by atoms with E-state index in [2.05, 4.69) is 61.4 Å². The first kappa shape index (κ1) is 13.2. The van der Waals surface area contributed by atoms with Crippen LogP contribution in [-0.2, 0) is 0 Å². The second-order valence-electron chi connectivity index (χ2n) is 4.51. The number of nitrogens with zero attached hydrogens (tertiary/aromatic N) is 1. The fraction of sp³-hybridized carbons (Fsp3) is 0.571. The van der Waals surface area contributed by atoms with Crippen LogP contribution in [0.3, 0.4) is 0 Å². The summed E-state index contributed by atoms with van der Waals surface area (Å²) >= 11 is 0. The Kier molecular flexibility index (Phi) is 5.50. The van der Waals surface area contributed by atoms with Crippen molar-refractivity contribution in [3.05, 3.63) is 35.9 Å². The summed E-state index contributed by atoms with van der Waals surface area (Å²) < 4.78 is 0. The number of hydrogen-bond acceptors (Lipinski definition) is 2. The molecule has 0 fully saturated rings. The van der Waals surface area contributed by atoms with Crippen molar-refractivity contribution in [1.29, 1.82) is 0 Å². The van der Waals surface area contributed by atoms with Gasteiger partial charge in [0.25, 0.3) is 0 Å². The normalized spacial score (nSPS) is 15.1. The van der Waals surface area contributed by atoms with Crippen LogP contribution >= 0.6 is 0 Å². The van der Waals surface area contributed by atoms with Crippen molar-refractivity contribution >= 4 is 0 Å². The Labute approximate surface area is 99.7 Å². The summed E-state index contributed by atoms with van der Waals surface area (Å²) in [6.07, 6.45) is 0. The molecule has 1 N–H and O–H groups in total. The average Bonchev–Trinajstić information content (AvgIpc) is 2.31. The molecule has 0 aliphatic carbocycles. The van der Waals surface area contributed by atoms with Crippen LogP contribution in [0.15, 0.2) is 30.3 Å². The van der Waals surface area contributed by atoms with E-state index in [4.69, 9.17) is 0 Å². The molecule has 0 saturated carbocycles. The SMILES string of the molecule is CCN(C)CC(C)C(NC)c1ccccc1. The topological polar surface area (TPSA) is 15.3 Å². The highest BCUT2D eigenvalue weighted by Crippen LogP contribution is 2.21. The van der Waals surface area contributed by atoms with Crippen LogP contribution in [0.4, 0.5) is 0 Å². The molecule has 2 atom stereocenters. The summed E-state index contributed by atoms with van der Waals surface area (Å²) in [6.45, 7) is 6.73. The number of nitrogens with one attached hydrogen (secondary N) is 1. The van der Waals surface area contributed by atoms with Gasteiger partial charge in [0, 0.05) is 12.6 Å². The molecule has 1 rings (SSSR count). The summed E-state index contributed by atoms with van der Waals surface area (Å²) in [5, 5.41) is 3.42. The molecule has 1 aromatic rings. The molecule has 0 radical (unpaired) electrons. The highest BCUT2D eigenvalue weighted by molar-refractivity contribution is 5.19. The molecule has 0 heterocycles. The van der Waals surface area contributed by atoms with Gasteiger partial charge in [0.15, 0.2) is 0 Å². The lowest BCUT2D eigenvalue weighted by Gasteiger charge is -2.27. The Hall–Kier alpha value is -0.860. The van der Waals surface area contributed by atoms with Crippen LogP contribution in [0.2, 0.25) is 0 Å². The Balaban J connectivity index is 2.67. The van der Waals surface area contributed by atoms with Crippen molar-refractivity contribution in [2.75, 3.05) is 27.2 Å². The van der Waals surface area contributed by atoms with Crippen LogP contribution < -0.4 is 5.32 Å². The van der Waals surface area contributed by atoms with Crippen LogP contribution in [0.5, 0.6) is 0 Å². The van der Waals surface area contributed by atoms with Crippen molar-refractivity contribution in [2.24, 2.45) is 5.92 Å². The van der Waals surface area contributed by atoms with Gasteiger partial charge in [0.1, 0.15) is 0 Å². The van der Waals surface area contributed by atoms with E-state index >= 15 is 0 Å². The lowest BCUT2D eigenvalue weighted by atomic mass is 9.94. The number of rotatable bonds is 6. The number of benzene rings is 1. The highest BCUT2D eigenvalue weighted by atomic mass is 15.1. The predicted octanol–water partition coefficient (Wildman–Crippen LogP) is 2.53. The van der Waals surface area contributed by atoms with E-state index in [1.165, 1.54) is 5.56 Å². The fourth-order valence-corrected chi connectivity index (χ4v) is 2.17. The predicted molar refractivity (Wildman–Crippen MR) is 70.6 cm³/mol. The third kappa shape index (κ3) is 3.62. The number of hydrogen-bond donors (Lipinski definition) is 1. The van der Waals surface area contributed by atoms with E-state index < -0.39 is 0 Å². The standard InChI is InChI=1S/C14H24N2/c1-5-16(4)11-12(2)14(15-3)13-9-7-6-8-10-13/h6-10,12,14-15H,5,11H2,1-4H3. The summed E-state index contributed by atoms with van der Waals surface area (Å²) in [4.78, 5) is 2.36. The zero-order valence-electron chi connectivity index (χ0n) is 10.9. The lowest BCUT2D eigenvalue weighted by molar-refractivity contribution is 0.261. The van der Waals surface area contributed by atoms with Gasteiger partial charge >= 0.3 is 0 Å². The summed E-state index contributed by atoms with van der Waals surface area (Å²) in [7, 11) is 4.22. The molecule has 16 heavy (non-hydrogen) atoms. The molecular formula is C14H24N2. The Morgan fingerprint density at radius 3 is 2.38 bits per heavy atom. The molecule has 0 aliphatic rings. The first-order valence-electron chi connectivity index (χ1n) is 6.09. The van der Waals surface area contributed by atoms with Crippen molar-refractivity contribution < 1.29 is 0 Å². The van der Waals surface area contributed by atoms with Crippen LogP contribution in [0.25, 0.3) is 0 Å². The van der Waals surface area contributed by atoms with Gasteiger partial charge in [0.05, 0.1) is 0 Å². The van der Waals surface area contributed by atoms with E-state index in [0.29, 0.717) is 12.0 Å². The molecule has 2 nitrogen and oxygen atoms in total. The summed E-state index contributed by atoms with van der Waals surface area (Å²) in [5.41, 5.74) is 1.38. The average molecular weight is 220 g/mol. The minimum absolute atomic E-state index is 0.440. The second-order valence-corrected chi connectivity index (χ2v) is 4.51. The maximum Gasteiger partial charge on any atom is 0.0355 e. The zero-order chi connectivity index (χ0) is 12.0. The molecule has 2 unspecified atom stereocenters. The summed E-state index contributed by atoms with van der Waals surface area (Å²) in [5.74, 6) is 0.609. The van der Waals surface area contributed by atoms with Crippen molar-refractivity contribution in [1.82, 2.24) is 10.2 Å². The van der Waals surface area contributed by atoms with Gasteiger partial charge in [-0.3, -0.25) is 0 Å². The van der Waals surface area contributed by atoms with Gasteiger partial charge < -0.3 is 10.2 Å². The molecular weight excluding hydrogens is 196 g/mol. The van der Waals surface area contributed by atoms with E-state index in [1.807, 2.05) is 7.05 Å². The molecule has 1 aromatic carbocycles. The molecule has 0 aliphatic heterocycles. The van der Waals surface area contributed by atoms with E-state index in [9.17, 15) is 0 Å². The van der Waals surface area contributed by atoms with E-state index in [1.54, 1.807) is 0 Å². The van der Waals surface area contributed by atoms with Crippen molar-refractivity contribution in [3.8, 4) is 0 Å². The van der Waals surface area contributed by atoms with Crippen LogP contribution in [-0.4, -0.2) is 32.1 Å². The Bertz CT molecular complexity index is 284. The van der Waals surface area contributed by atoms with Gasteiger partial charge in [-0.25, -0.2) is 0 Å². The van der Waals surface area contributed by atoms with E-state index in [0.717, 1.165) is 13.1 Å². The largest absolute Gasteiger partial charge is 0.313 e. The quantitative estimate of drug-likeness (QED) is 0.792. The maximum atomic E-state index is 3.42. The smallest absolute Gasteiger partial charge is 0.0355 e. The second kappa shape index (κ2) is 6.66. The van der Waals surface area contributed by atoms with Crippen LogP contribution in [0.1, 0.15) is 25.5 Å². The van der Waals surface area contributed by atoms with Crippen molar-refractivity contribution in [2.45, 2.75) is 19.9 Å². The fourth-order valence-electron chi connectivity index (χ4n) is 2.17. The Morgan fingerprint density at radius 1 is 1.25 bits per heavy atom. The van der Waals surface area contributed by atoms with Gasteiger partial charge in [-0.15, -0.1) is 0 Å². The minimum atomic E-state index is 0.440. The van der Waals surface area contributed by atoms with Crippen molar-refractivity contribution in [3.63, 3.8) is 0 Å². The molecule has 0 aromatic heterocycles. The third-order valence-electron chi connectivity index (χ3n) is 3.18. The first-order chi connectivity index (χ1) is 7.69. The van der Waals surface area contributed by atoms with Gasteiger partial charge in [-0.05, 0) is 32.1 Å². The lowest BCUT2D eigenvalue weighted by Crippen LogP contribution is -2.32. The van der Waals surface area contributed by atoms with Gasteiger partial charge in [-0.2, -0.15) is 0 Å². The molecule has 0 bridgehead atoms. The summed E-state index contributed by atoms with van der Waals surface area (Å²) in [6, 6.07) is 11.1. The molecule has 2 heteroatoms. The molecule has 90 valence electrons. The maximum absolute atomic E-state index is 3.42. The van der Waals surface area contributed by atoms with E-state index in [-0.39, 0.29) is 0 Å². The van der Waals surface area contributed by atoms with Crippen LogP contribution in [0, 0.1) is 5.92 Å². The molecule has 0 amide bonds. The minimum Gasteiger partial charge on any atom is -0.313 e. The third-order valence-corrected chi connectivity index (χ3v) is 3.18. The molecule has 0 saturated heterocycles. The zero-order valence-corrected chi connectivity index (χ0v) is 10.9. The Morgan fingerprint density at radius 2 is 1.88 bits per heavy atom. The first-order valence-corrected chi connectivity index (χ1v) is 6.09. The monoisotopic (exact) mass is 220 g/mol. The van der Waals surface area contributed by atoms with Gasteiger partial charge in [-0.1, -0.05) is 44.2 Å². The highest BCUT2D eigenvalue weighted by Gasteiger charge is 2.17. The van der Waals surface area contributed by atoms with Gasteiger partial charge in [0.2, 0.25) is 0 Å². The molecule has 0 spiro atoms.